The molecule has 0 bridgehead atoms. The topological polar surface area (TPSA) is 44.3 Å². The lowest BCUT2D eigenvalue weighted by Gasteiger charge is -2.40. The van der Waals surface area contributed by atoms with Crippen molar-refractivity contribution in [3.8, 4) is 0 Å². The summed E-state index contributed by atoms with van der Waals surface area (Å²) in [5.74, 6) is -1.81. The Morgan fingerprint density at radius 1 is 1.33 bits per heavy atom. The summed E-state index contributed by atoms with van der Waals surface area (Å²) in [5.41, 5.74) is 0. The molecule has 1 aliphatic carbocycles. The van der Waals surface area contributed by atoms with Crippen LogP contribution in [0.2, 0.25) is 0 Å². The van der Waals surface area contributed by atoms with Gasteiger partial charge in [-0.2, -0.15) is 0 Å². The van der Waals surface area contributed by atoms with Gasteiger partial charge in [0.25, 0.3) is 0 Å². The van der Waals surface area contributed by atoms with Gasteiger partial charge in [-0.15, -0.1) is 0 Å². The van der Waals surface area contributed by atoms with Gasteiger partial charge in [0.2, 0.25) is 5.85 Å². The van der Waals surface area contributed by atoms with E-state index in [0.717, 1.165) is 19.4 Å². The van der Waals surface area contributed by atoms with Crippen LogP contribution in [0.1, 0.15) is 33.1 Å². The molecule has 88 valence electrons. The van der Waals surface area contributed by atoms with Gasteiger partial charge in [-0.05, 0) is 25.7 Å². The van der Waals surface area contributed by atoms with Crippen LogP contribution in [0.15, 0.2) is 0 Å². The second kappa shape index (κ2) is 4.00. The number of alkyl halides is 1. The van der Waals surface area contributed by atoms with Crippen LogP contribution in [0, 0.1) is 5.92 Å². The molecule has 0 spiro atoms. The molecule has 15 heavy (non-hydrogen) atoms. The maximum Gasteiger partial charge on any atom is 0.224 e. The van der Waals surface area contributed by atoms with Crippen molar-refractivity contribution in [3.63, 3.8) is 0 Å². The van der Waals surface area contributed by atoms with E-state index in [1.165, 1.54) is 0 Å². The molecular formula is C11H21FN2O. The standard InChI is InChI=1S/C11H21FN2O/c1-7-3-4-9-10(11(12,15)5-7)13-6-8(2)14-9/h7-10,13-15H,3-6H2,1-2H3. The molecule has 0 aromatic rings. The number of hydrogen-bond acceptors (Lipinski definition) is 3. The Labute approximate surface area is 90.4 Å². The van der Waals surface area contributed by atoms with Gasteiger partial charge < -0.3 is 15.7 Å². The van der Waals surface area contributed by atoms with Gasteiger partial charge in [-0.1, -0.05) is 6.92 Å². The first kappa shape index (κ1) is 11.3. The van der Waals surface area contributed by atoms with Gasteiger partial charge in [-0.25, -0.2) is 4.39 Å². The predicted molar refractivity (Wildman–Crippen MR) is 57.2 cm³/mol. The van der Waals surface area contributed by atoms with Crippen LogP contribution < -0.4 is 10.6 Å². The van der Waals surface area contributed by atoms with Gasteiger partial charge in [0.1, 0.15) is 0 Å². The van der Waals surface area contributed by atoms with E-state index in [4.69, 9.17) is 0 Å². The molecule has 5 unspecified atom stereocenters. The van der Waals surface area contributed by atoms with Crippen molar-refractivity contribution in [1.29, 1.82) is 0 Å². The van der Waals surface area contributed by atoms with Crippen LogP contribution in [0.3, 0.4) is 0 Å². The van der Waals surface area contributed by atoms with Crippen molar-refractivity contribution >= 4 is 0 Å². The van der Waals surface area contributed by atoms with E-state index in [0.29, 0.717) is 6.04 Å². The van der Waals surface area contributed by atoms with Crippen molar-refractivity contribution in [2.24, 2.45) is 5.92 Å². The number of aliphatic hydroxyl groups is 1. The molecule has 0 radical (unpaired) electrons. The SMILES string of the molecule is CC1CCC2NC(C)CNC2C(O)(F)C1. The number of fused-ring (bicyclic) bond motifs is 1. The van der Waals surface area contributed by atoms with Crippen LogP contribution in [-0.4, -0.2) is 35.6 Å². The molecule has 0 amide bonds. The highest BCUT2D eigenvalue weighted by Gasteiger charge is 2.46. The molecule has 2 fully saturated rings. The van der Waals surface area contributed by atoms with Crippen LogP contribution in [0.4, 0.5) is 4.39 Å². The van der Waals surface area contributed by atoms with Crippen molar-refractivity contribution in [3.05, 3.63) is 0 Å². The Hall–Kier alpha value is -0.190. The third-order valence-electron chi connectivity index (χ3n) is 3.63. The Morgan fingerprint density at radius 2 is 2.07 bits per heavy atom. The van der Waals surface area contributed by atoms with E-state index >= 15 is 0 Å². The zero-order valence-electron chi connectivity index (χ0n) is 9.46. The van der Waals surface area contributed by atoms with E-state index < -0.39 is 11.9 Å². The lowest BCUT2D eigenvalue weighted by Crippen LogP contribution is -2.66. The van der Waals surface area contributed by atoms with Crippen LogP contribution in [-0.2, 0) is 0 Å². The van der Waals surface area contributed by atoms with Gasteiger partial charge in [0.05, 0.1) is 6.04 Å². The highest BCUT2D eigenvalue weighted by molar-refractivity contribution is 5.00. The average Bonchev–Trinajstić information content (AvgIpc) is 2.23. The number of rotatable bonds is 0. The van der Waals surface area contributed by atoms with Crippen LogP contribution in [0.5, 0.6) is 0 Å². The third-order valence-corrected chi connectivity index (χ3v) is 3.63. The molecule has 1 heterocycles. The fourth-order valence-corrected chi connectivity index (χ4v) is 2.86. The molecule has 5 atom stereocenters. The number of piperazine rings is 1. The summed E-state index contributed by atoms with van der Waals surface area (Å²) >= 11 is 0. The molecule has 2 rings (SSSR count). The number of halogens is 1. The number of nitrogens with one attached hydrogen (secondary N) is 2. The Kier molecular flexibility index (Phi) is 3.01. The van der Waals surface area contributed by atoms with E-state index in [2.05, 4.69) is 17.6 Å². The van der Waals surface area contributed by atoms with Crippen molar-refractivity contribution in [2.45, 2.75) is 57.1 Å². The van der Waals surface area contributed by atoms with Gasteiger partial charge in [-0.3, -0.25) is 0 Å². The second-order valence-corrected chi connectivity index (χ2v) is 5.27. The van der Waals surface area contributed by atoms with E-state index in [-0.39, 0.29) is 18.4 Å². The summed E-state index contributed by atoms with van der Waals surface area (Å²) in [5, 5.41) is 16.3. The summed E-state index contributed by atoms with van der Waals surface area (Å²) in [4.78, 5) is 0. The molecule has 4 heteroatoms. The minimum Gasteiger partial charge on any atom is -0.360 e. The summed E-state index contributed by atoms with van der Waals surface area (Å²) in [6, 6.07) is -0.0252. The molecule has 0 aromatic carbocycles. The second-order valence-electron chi connectivity index (χ2n) is 5.27. The summed E-state index contributed by atoms with van der Waals surface area (Å²) in [6.07, 6.45) is 2.17. The van der Waals surface area contributed by atoms with E-state index in [1.54, 1.807) is 0 Å². The van der Waals surface area contributed by atoms with Crippen LogP contribution >= 0.6 is 0 Å². The van der Waals surface area contributed by atoms with Gasteiger partial charge in [0, 0.05) is 25.0 Å². The zero-order valence-corrected chi connectivity index (χ0v) is 9.46. The highest BCUT2D eigenvalue weighted by Crippen LogP contribution is 2.33. The first-order chi connectivity index (χ1) is 6.99. The first-order valence-corrected chi connectivity index (χ1v) is 5.90. The summed E-state index contributed by atoms with van der Waals surface area (Å²) < 4.78 is 14.1. The molecule has 1 aliphatic heterocycles. The maximum absolute atomic E-state index is 14.1. The molecular weight excluding hydrogens is 195 g/mol. The van der Waals surface area contributed by atoms with E-state index in [1.807, 2.05) is 6.92 Å². The minimum atomic E-state index is -2.06. The van der Waals surface area contributed by atoms with Crippen LogP contribution in [0.25, 0.3) is 0 Å². The Bertz CT molecular complexity index is 235. The van der Waals surface area contributed by atoms with Crippen molar-refractivity contribution in [1.82, 2.24) is 10.6 Å². The Balaban J connectivity index is 2.14. The summed E-state index contributed by atoms with van der Waals surface area (Å²) in [7, 11) is 0. The lowest BCUT2D eigenvalue weighted by atomic mass is 9.94. The largest absolute Gasteiger partial charge is 0.360 e. The third kappa shape index (κ3) is 2.32. The molecule has 2 aliphatic rings. The molecule has 1 saturated carbocycles. The molecule has 3 N–H and O–H groups in total. The maximum atomic E-state index is 14.1. The van der Waals surface area contributed by atoms with E-state index in [9.17, 15) is 9.50 Å². The first-order valence-electron chi connectivity index (χ1n) is 5.90. The normalized spacial score (nSPS) is 52.0. The van der Waals surface area contributed by atoms with Gasteiger partial charge >= 0.3 is 0 Å². The Morgan fingerprint density at radius 3 is 2.80 bits per heavy atom. The zero-order chi connectivity index (χ0) is 11.1. The fourth-order valence-electron chi connectivity index (χ4n) is 2.86. The van der Waals surface area contributed by atoms with Crippen molar-refractivity contribution < 1.29 is 9.50 Å². The molecule has 1 saturated heterocycles. The van der Waals surface area contributed by atoms with Crippen molar-refractivity contribution in [2.75, 3.05) is 6.54 Å². The average molecular weight is 216 g/mol. The molecule has 3 nitrogen and oxygen atoms in total. The quantitative estimate of drug-likeness (QED) is 0.561. The monoisotopic (exact) mass is 216 g/mol. The van der Waals surface area contributed by atoms with Gasteiger partial charge in [0.15, 0.2) is 0 Å². The number of hydrogen-bond donors (Lipinski definition) is 3. The minimum absolute atomic E-state index is 0.0636. The predicted octanol–water partition coefficient (Wildman–Crippen LogP) is 0.783. The fraction of sp³-hybridized carbons (Fsp3) is 1.00. The molecule has 0 aromatic heterocycles. The summed E-state index contributed by atoms with van der Waals surface area (Å²) in [6.45, 7) is 4.81. The smallest absolute Gasteiger partial charge is 0.224 e. The lowest BCUT2D eigenvalue weighted by molar-refractivity contribution is -0.136. The highest BCUT2D eigenvalue weighted by atomic mass is 19.2.